The Morgan fingerprint density at radius 2 is 2.14 bits per heavy atom. The van der Waals surface area contributed by atoms with Crippen LogP contribution < -0.4 is 4.74 Å². The molecule has 0 unspecified atom stereocenters. The Morgan fingerprint density at radius 3 is 2.82 bits per heavy atom. The number of benzene rings is 1. The molecule has 2 aromatic rings. The summed E-state index contributed by atoms with van der Waals surface area (Å²) in [6.07, 6.45) is 3.14. The highest BCUT2D eigenvalue weighted by molar-refractivity contribution is 5.96. The van der Waals surface area contributed by atoms with Gasteiger partial charge in [0.05, 0.1) is 7.11 Å². The van der Waals surface area contributed by atoms with Gasteiger partial charge in [0.15, 0.2) is 0 Å². The van der Waals surface area contributed by atoms with Crippen LogP contribution in [0.1, 0.15) is 15.9 Å². The molecule has 0 spiro atoms. The summed E-state index contributed by atoms with van der Waals surface area (Å²) in [5.74, 6) is -0.384. The lowest BCUT2D eigenvalue weighted by molar-refractivity contribution is 0.0757. The number of rotatable bonds is 6. The minimum Gasteiger partial charge on any atom is -0.480 e. The molecule has 0 aliphatic heterocycles. The van der Waals surface area contributed by atoms with Crippen LogP contribution in [0.4, 0.5) is 4.39 Å². The first-order valence-electron chi connectivity index (χ1n) is 6.80. The third-order valence-electron chi connectivity index (χ3n) is 3.15. The first-order chi connectivity index (χ1) is 10.7. The van der Waals surface area contributed by atoms with Crippen LogP contribution in [0.2, 0.25) is 0 Å². The van der Waals surface area contributed by atoms with Crippen molar-refractivity contribution in [1.29, 1.82) is 0 Å². The molecule has 0 aliphatic carbocycles. The Bertz CT molecular complexity index is 673. The van der Waals surface area contributed by atoms with Gasteiger partial charge in [0.2, 0.25) is 5.88 Å². The number of methoxy groups -OCH3 is 1. The average Bonchev–Trinajstić information content (AvgIpc) is 2.55. The lowest BCUT2D eigenvalue weighted by atomic mass is 10.1. The standard InChI is InChI=1S/C17H17FN2O2/c1-3-11-20(12-13-7-4-5-9-15(13)18)17(21)14-8-6-10-19-16(14)22-2/h3-10H,1,11-12H2,2H3. The van der Waals surface area contributed by atoms with E-state index in [1.165, 1.54) is 18.1 Å². The molecule has 0 saturated heterocycles. The average molecular weight is 300 g/mol. The summed E-state index contributed by atoms with van der Waals surface area (Å²) in [6, 6.07) is 9.66. The van der Waals surface area contributed by atoms with Gasteiger partial charge in [-0.1, -0.05) is 24.3 Å². The minimum atomic E-state index is -0.345. The molecule has 5 heteroatoms. The van der Waals surface area contributed by atoms with E-state index in [1.54, 1.807) is 42.6 Å². The third kappa shape index (κ3) is 3.49. The topological polar surface area (TPSA) is 42.4 Å². The molecule has 0 saturated carbocycles. The zero-order chi connectivity index (χ0) is 15.9. The highest BCUT2D eigenvalue weighted by Crippen LogP contribution is 2.18. The number of hydrogen-bond donors (Lipinski definition) is 0. The van der Waals surface area contributed by atoms with E-state index in [1.807, 2.05) is 0 Å². The highest BCUT2D eigenvalue weighted by atomic mass is 19.1. The normalized spacial score (nSPS) is 10.1. The van der Waals surface area contributed by atoms with Gasteiger partial charge in [-0.3, -0.25) is 4.79 Å². The molecule has 0 fully saturated rings. The Kier molecular flexibility index (Phi) is 5.25. The number of halogens is 1. The number of pyridine rings is 1. The second-order valence-corrected chi connectivity index (χ2v) is 4.63. The lowest BCUT2D eigenvalue weighted by Gasteiger charge is -2.22. The number of carbonyl (C=O) groups excluding carboxylic acids is 1. The molecule has 0 radical (unpaired) electrons. The van der Waals surface area contributed by atoms with E-state index >= 15 is 0 Å². The van der Waals surface area contributed by atoms with Crippen LogP contribution in [0.15, 0.2) is 55.3 Å². The van der Waals surface area contributed by atoms with Crippen molar-refractivity contribution in [2.75, 3.05) is 13.7 Å². The molecular formula is C17H17FN2O2. The van der Waals surface area contributed by atoms with Crippen molar-refractivity contribution in [1.82, 2.24) is 9.88 Å². The predicted molar refractivity (Wildman–Crippen MR) is 82.1 cm³/mol. The van der Waals surface area contributed by atoms with Crippen molar-refractivity contribution >= 4 is 5.91 Å². The Balaban J connectivity index is 2.29. The van der Waals surface area contributed by atoms with Crippen molar-refractivity contribution in [3.8, 4) is 5.88 Å². The summed E-state index contributed by atoms with van der Waals surface area (Å²) >= 11 is 0. The van der Waals surface area contributed by atoms with Crippen molar-refractivity contribution in [3.63, 3.8) is 0 Å². The second-order valence-electron chi connectivity index (χ2n) is 4.63. The Labute approximate surface area is 128 Å². The van der Waals surface area contributed by atoms with Crippen LogP contribution in [-0.4, -0.2) is 29.4 Å². The smallest absolute Gasteiger partial charge is 0.259 e. The SMILES string of the molecule is C=CCN(Cc1ccccc1F)C(=O)c1cccnc1OC. The summed E-state index contributed by atoms with van der Waals surface area (Å²) < 4.78 is 18.9. The lowest BCUT2D eigenvalue weighted by Crippen LogP contribution is -2.31. The van der Waals surface area contributed by atoms with Gasteiger partial charge in [-0.25, -0.2) is 9.37 Å². The molecule has 1 heterocycles. The number of carbonyl (C=O) groups is 1. The summed E-state index contributed by atoms with van der Waals surface area (Å²) in [4.78, 5) is 18.2. The maximum Gasteiger partial charge on any atom is 0.259 e. The predicted octanol–water partition coefficient (Wildman–Crippen LogP) is 3.06. The molecule has 22 heavy (non-hydrogen) atoms. The summed E-state index contributed by atoms with van der Waals surface area (Å²) in [6.45, 7) is 4.09. The van der Waals surface area contributed by atoms with Gasteiger partial charge in [-0.2, -0.15) is 0 Å². The molecule has 0 aliphatic rings. The molecule has 4 nitrogen and oxygen atoms in total. The van der Waals surface area contributed by atoms with Crippen LogP contribution >= 0.6 is 0 Å². The highest BCUT2D eigenvalue weighted by Gasteiger charge is 2.20. The number of ether oxygens (including phenoxy) is 1. The number of aromatic nitrogens is 1. The molecule has 0 bridgehead atoms. The molecule has 2 rings (SSSR count). The quantitative estimate of drug-likeness (QED) is 0.770. The Hall–Kier alpha value is -2.69. The van der Waals surface area contributed by atoms with Gasteiger partial charge < -0.3 is 9.64 Å². The maximum atomic E-state index is 13.8. The Morgan fingerprint density at radius 1 is 1.36 bits per heavy atom. The van der Waals surface area contributed by atoms with Gasteiger partial charge in [0.1, 0.15) is 11.4 Å². The van der Waals surface area contributed by atoms with Crippen LogP contribution in [0.3, 0.4) is 0 Å². The third-order valence-corrected chi connectivity index (χ3v) is 3.15. The zero-order valence-corrected chi connectivity index (χ0v) is 12.3. The van der Waals surface area contributed by atoms with Crippen LogP contribution in [0.5, 0.6) is 5.88 Å². The summed E-state index contributed by atoms with van der Waals surface area (Å²) in [5.41, 5.74) is 0.781. The van der Waals surface area contributed by atoms with E-state index in [0.29, 0.717) is 17.7 Å². The summed E-state index contributed by atoms with van der Waals surface area (Å²) in [5, 5.41) is 0. The largest absolute Gasteiger partial charge is 0.480 e. The molecule has 1 amide bonds. The van der Waals surface area contributed by atoms with Crippen molar-refractivity contribution in [3.05, 3.63) is 72.2 Å². The van der Waals surface area contributed by atoms with E-state index in [4.69, 9.17) is 4.74 Å². The van der Waals surface area contributed by atoms with Crippen molar-refractivity contribution in [2.45, 2.75) is 6.54 Å². The fourth-order valence-electron chi connectivity index (χ4n) is 2.09. The van der Waals surface area contributed by atoms with E-state index in [9.17, 15) is 9.18 Å². The molecule has 114 valence electrons. The molecule has 0 N–H and O–H groups in total. The first-order valence-corrected chi connectivity index (χ1v) is 6.80. The fourth-order valence-corrected chi connectivity index (χ4v) is 2.09. The molecular weight excluding hydrogens is 283 g/mol. The van der Waals surface area contributed by atoms with E-state index in [2.05, 4.69) is 11.6 Å². The molecule has 0 atom stereocenters. The van der Waals surface area contributed by atoms with Crippen molar-refractivity contribution < 1.29 is 13.9 Å². The van der Waals surface area contributed by atoms with E-state index in [-0.39, 0.29) is 24.1 Å². The zero-order valence-electron chi connectivity index (χ0n) is 12.3. The van der Waals surface area contributed by atoms with E-state index in [0.717, 1.165) is 0 Å². The second kappa shape index (κ2) is 7.36. The van der Waals surface area contributed by atoms with Crippen LogP contribution in [-0.2, 0) is 6.54 Å². The van der Waals surface area contributed by atoms with Gasteiger partial charge in [-0.15, -0.1) is 6.58 Å². The minimum absolute atomic E-state index is 0.148. The first kappa shape index (κ1) is 15.7. The summed E-state index contributed by atoms with van der Waals surface area (Å²) in [7, 11) is 1.45. The van der Waals surface area contributed by atoms with Crippen LogP contribution in [0, 0.1) is 5.82 Å². The van der Waals surface area contributed by atoms with Gasteiger partial charge in [-0.05, 0) is 18.2 Å². The van der Waals surface area contributed by atoms with Gasteiger partial charge >= 0.3 is 0 Å². The number of amides is 1. The monoisotopic (exact) mass is 300 g/mol. The van der Waals surface area contributed by atoms with Crippen LogP contribution in [0.25, 0.3) is 0 Å². The fraction of sp³-hybridized carbons (Fsp3) is 0.176. The molecule has 1 aromatic carbocycles. The maximum absolute atomic E-state index is 13.8. The van der Waals surface area contributed by atoms with Crippen molar-refractivity contribution in [2.24, 2.45) is 0 Å². The van der Waals surface area contributed by atoms with Gasteiger partial charge in [0, 0.05) is 24.8 Å². The number of hydrogen-bond acceptors (Lipinski definition) is 3. The number of nitrogens with zero attached hydrogens (tertiary/aromatic N) is 2. The van der Waals surface area contributed by atoms with E-state index < -0.39 is 0 Å². The van der Waals surface area contributed by atoms with Gasteiger partial charge in [0.25, 0.3) is 5.91 Å². The molecule has 1 aromatic heterocycles.